The highest BCUT2D eigenvalue weighted by Crippen LogP contribution is 2.19. The molecule has 5 heteroatoms. The molecule has 0 saturated carbocycles. The Kier molecular flexibility index (Phi) is 6.36. The third kappa shape index (κ3) is 5.80. The topological polar surface area (TPSA) is 50.4 Å². The summed E-state index contributed by atoms with van der Waals surface area (Å²) in [5.74, 6) is 2.91. The normalized spacial score (nSPS) is 17.1. The van der Waals surface area contributed by atoms with Crippen LogP contribution < -0.4 is 15.4 Å². The molecule has 2 N–H and O–H groups in total. The van der Waals surface area contributed by atoms with E-state index in [2.05, 4.69) is 29.7 Å². The Morgan fingerprint density at radius 3 is 2.96 bits per heavy atom. The molecule has 0 aliphatic carbocycles. The third-order valence-corrected chi connectivity index (χ3v) is 5.17. The van der Waals surface area contributed by atoms with Crippen LogP contribution >= 0.6 is 11.8 Å². The predicted molar refractivity (Wildman–Crippen MR) is 104 cm³/mol. The second kappa shape index (κ2) is 8.92. The first-order valence-corrected chi connectivity index (χ1v) is 9.74. The van der Waals surface area contributed by atoms with Gasteiger partial charge in [0.25, 0.3) is 0 Å². The van der Waals surface area contributed by atoms with Crippen molar-refractivity contribution in [3.63, 3.8) is 0 Å². The fraction of sp³-hybridized carbons (Fsp3) is 0.350. The Morgan fingerprint density at radius 2 is 2.16 bits per heavy atom. The molecule has 1 heterocycles. The summed E-state index contributed by atoms with van der Waals surface area (Å²) in [6.45, 7) is 3.56. The molecule has 0 bridgehead atoms. The Morgan fingerprint density at radius 1 is 1.28 bits per heavy atom. The maximum absolute atomic E-state index is 12.2. The lowest BCUT2D eigenvalue weighted by atomic mass is 10.1. The van der Waals surface area contributed by atoms with E-state index in [-0.39, 0.29) is 11.9 Å². The van der Waals surface area contributed by atoms with Crippen LogP contribution in [0.2, 0.25) is 0 Å². The number of ether oxygens (including phenoxy) is 1. The number of hydrogen-bond acceptors (Lipinski definition) is 4. The van der Waals surface area contributed by atoms with Crippen molar-refractivity contribution in [2.24, 2.45) is 0 Å². The summed E-state index contributed by atoms with van der Waals surface area (Å²) in [5, 5.41) is 6.35. The van der Waals surface area contributed by atoms with E-state index in [1.165, 1.54) is 5.56 Å². The molecule has 0 aromatic heterocycles. The van der Waals surface area contributed by atoms with E-state index in [1.807, 2.05) is 48.2 Å². The third-order valence-electron chi connectivity index (χ3n) is 4.04. The number of carbonyl (C=O) groups excluding carboxylic acids is 1. The molecule has 2 aromatic carbocycles. The fourth-order valence-electron chi connectivity index (χ4n) is 2.82. The first-order valence-electron chi connectivity index (χ1n) is 8.58. The zero-order chi connectivity index (χ0) is 17.5. The van der Waals surface area contributed by atoms with Crippen molar-refractivity contribution in [1.29, 1.82) is 0 Å². The second-order valence-corrected chi connectivity index (χ2v) is 7.43. The van der Waals surface area contributed by atoms with Gasteiger partial charge in [-0.3, -0.25) is 4.79 Å². The van der Waals surface area contributed by atoms with Crippen LogP contribution in [0.5, 0.6) is 5.75 Å². The number of anilines is 1. The summed E-state index contributed by atoms with van der Waals surface area (Å²) in [4.78, 5) is 12.2. The molecule has 3 rings (SSSR count). The molecule has 0 radical (unpaired) electrons. The Hall–Kier alpha value is -1.98. The molecule has 4 nitrogen and oxygen atoms in total. The van der Waals surface area contributed by atoms with Gasteiger partial charge in [-0.2, -0.15) is 11.8 Å². The zero-order valence-corrected chi connectivity index (χ0v) is 15.3. The summed E-state index contributed by atoms with van der Waals surface area (Å²) in [7, 11) is 0. The smallest absolute Gasteiger partial charge is 0.225 e. The van der Waals surface area contributed by atoms with E-state index in [9.17, 15) is 4.79 Å². The molecule has 1 saturated heterocycles. The number of thioether (sulfide) groups is 1. The van der Waals surface area contributed by atoms with Crippen LogP contribution in [0.25, 0.3) is 0 Å². The van der Waals surface area contributed by atoms with Crippen LogP contribution in [0.3, 0.4) is 0 Å². The Bertz CT molecular complexity index is 714. The van der Waals surface area contributed by atoms with Crippen LogP contribution in [0.4, 0.5) is 5.69 Å². The summed E-state index contributed by atoms with van der Waals surface area (Å²) in [6.07, 6.45) is 0.501. The number of aryl methyl sites for hydroxylation is 1. The summed E-state index contributed by atoms with van der Waals surface area (Å²) in [6, 6.07) is 16.1. The van der Waals surface area contributed by atoms with Gasteiger partial charge in [-0.1, -0.05) is 35.9 Å². The SMILES string of the molecule is Cc1cccc(COc2cccc(NC(=O)CC3CSCCN3)c2)c1. The van der Waals surface area contributed by atoms with Crippen LogP contribution in [0, 0.1) is 6.92 Å². The van der Waals surface area contributed by atoms with Gasteiger partial charge < -0.3 is 15.4 Å². The van der Waals surface area contributed by atoms with Crippen LogP contribution in [-0.4, -0.2) is 30.0 Å². The van der Waals surface area contributed by atoms with E-state index in [0.29, 0.717) is 13.0 Å². The summed E-state index contributed by atoms with van der Waals surface area (Å²) >= 11 is 1.90. The monoisotopic (exact) mass is 356 g/mol. The van der Waals surface area contributed by atoms with Gasteiger partial charge in [-0.15, -0.1) is 0 Å². The highest BCUT2D eigenvalue weighted by Gasteiger charge is 2.16. The lowest BCUT2D eigenvalue weighted by Crippen LogP contribution is -2.39. The quantitative estimate of drug-likeness (QED) is 0.830. The maximum Gasteiger partial charge on any atom is 0.225 e. The molecule has 1 aliphatic rings. The molecule has 1 amide bonds. The minimum atomic E-state index is 0.0378. The maximum atomic E-state index is 12.2. The first-order chi connectivity index (χ1) is 12.2. The largest absolute Gasteiger partial charge is 0.489 e. The van der Waals surface area contributed by atoms with Crippen LogP contribution in [0.15, 0.2) is 48.5 Å². The molecule has 2 aromatic rings. The van der Waals surface area contributed by atoms with Crippen LogP contribution in [0.1, 0.15) is 17.5 Å². The van der Waals surface area contributed by atoms with Crippen molar-refractivity contribution < 1.29 is 9.53 Å². The van der Waals surface area contributed by atoms with Gasteiger partial charge in [0.05, 0.1) is 0 Å². The Balaban J connectivity index is 1.52. The molecule has 1 atom stereocenters. The van der Waals surface area contributed by atoms with E-state index in [0.717, 1.165) is 35.1 Å². The number of nitrogens with one attached hydrogen (secondary N) is 2. The molecular weight excluding hydrogens is 332 g/mol. The molecule has 1 aliphatic heterocycles. The van der Waals surface area contributed by atoms with Crippen molar-refractivity contribution in [1.82, 2.24) is 5.32 Å². The lowest BCUT2D eigenvalue weighted by Gasteiger charge is -2.22. The van der Waals surface area contributed by atoms with Gasteiger partial charge in [0.1, 0.15) is 12.4 Å². The summed E-state index contributed by atoms with van der Waals surface area (Å²) < 4.78 is 5.85. The highest BCUT2D eigenvalue weighted by atomic mass is 32.2. The number of rotatable bonds is 6. The van der Waals surface area contributed by atoms with Crippen molar-refractivity contribution in [2.75, 3.05) is 23.4 Å². The van der Waals surface area contributed by atoms with E-state index < -0.39 is 0 Å². The van der Waals surface area contributed by atoms with Gasteiger partial charge in [0.2, 0.25) is 5.91 Å². The number of carbonyl (C=O) groups is 1. The van der Waals surface area contributed by atoms with Gasteiger partial charge in [-0.25, -0.2) is 0 Å². The first kappa shape index (κ1) is 17.8. The van der Waals surface area contributed by atoms with Gasteiger partial charge in [-0.05, 0) is 24.6 Å². The van der Waals surface area contributed by atoms with Gasteiger partial charge in [0, 0.05) is 42.3 Å². The lowest BCUT2D eigenvalue weighted by molar-refractivity contribution is -0.116. The van der Waals surface area contributed by atoms with Crippen molar-refractivity contribution in [3.05, 3.63) is 59.7 Å². The molecule has 1 unspecified atom stereocenters. The fourth-order valence-corrected chi connectivity index (χ4v) is 3.77. The van der Waals surface area contributed by atoms with E-state index in [4.69, 9.17) is 4.74 Å². The zero-order valence-electron chi connectivity index (χ0n) is 14.5. The number of amides is 1. The van der Waals surface area contributed by atoms with E-state index >= 15 is 0 Å². The second-order valence-electron chi connectivity index (χ2n) is 6.28. The van der Waals surface area contributed by atoms with Gasteiger partial charge >= 0.3 is 0 Å². The minimum absolute atomic E-state index is 0.0378. The van der Waals surface area contributed by atoms with Crippen molar-refractivity contribution >= 4 is 23.4 Å². The van der Waals surface area contributed by atoms with Crippen LogP contribution in [-0.2, 0) is 11.4 Å². The average Bonchev–Trinajstić information content (AvgIpc) is 2.61. The number of benzene rings is 2. The van der Waals surface area contributed by atoms with Crippen molar-refractivity contribution in [2.45, 2.75) is 26.0 Å². The Labute approximate surface area is 153 Å². The molecule has 0 spiro atoms. The molecule has 25 heavy (non-hydrogen) atoms. The number of hydrogen-bond donors (Lipinski definition) is 2. The molecular formula is C20H24N2O2S. The molecule has 1 fully saturated rings. The molecule has 132 valence electrons. The van der Waals surface area contributed by atoms with E-state index in [1.54, 1.807) is 0 Å². The minimum Gasteiger partial charge on any atom is -0.489 e. The van der Waals surface area contributed by atoms with Crippen molar-refractivity contribution in [3.8, 4) is 5.75 Å². The van der Waals surface area contributed by atoms with Gasteiger partial charge in [0.15, 0.2) is 0 Å². The highest BCUT2D eigenvalue weighted by molar-refractivity contribution is 7.99. The predicted octanol–water partition coefficient (Wildman–Crippen LogP) is 3.61. The average molecular weight is 356 g/mol. The standard InChI is InChI=1S/C20H24N2O2S/c1-15-4-2-5-16(10-15)13-24-19-7-3-6-17(11-19)22-20(23)12-18-14-25-9-8-21-18/h2-7,10-11,18,21H,8-9,12-14H2,1H3,(H,22,23). The summed E-state index contributed by atoms with van der Waals surface area (Å²) in [5.41, 5.74) is 3.13.